The average Bonchev–Trinajstić information content (AvgIpc) is 3.21. The zero-order chi connectivity index (χ0) is 18.5. The second-order valence-corrected chi connectivity index (χ2v) is 8.48. The maximum atomic E-state index is 12.7. The maximum absolute atomic E-state index is 12.7. The van der Waals surface area contributed by atoms with Gasteiger partial charge in [-0.2, -0.15) is 5.10 Å². The third kappa shape index (κ3) is 2.61. The van der Waals surface area contributed by atoms with Crippen LogP contribution in [-0.4, -0.2) is 17.4 Å². The van der Waals surface area contributed by atoms with Gasteiger partial charge in [-0.15, -0.1) is 11.3 Å². The lowest BCUT2D eigenvalue weighted by Gasteiger charge is -2.16. The smallest absolute Gasteiger partial charge is 0.281 e. The normalized spacial score (nSPS) is 19.5. The molecule has 0 saturated heterocycles. The van der Waals surface area contributed by atoms with Crippen molar-refractivity contribution < 1.29 is 9.59 Å². The van der Waals surface area contributed by atoms with Gasteiger partial charge in [0.15, 0.2) is 0 Å². The van der Waals surface area contributed by atoms with Crippen molar-refractivity contribution in [3.63, 3.8) is 0 Å². The summed E-state index contributed by atoms with van der Waals surface area (Å²) >= 11 is 1.54. The van der Waals surface area contributed by atoms with E-state index in [0.717, 1.165) is 29.2 Å². The van der Waals surface area contributed by atoms with Crippen LogP contribution in [0.25, 0.3) is 10.8 Å². The van der Waals surface area contributed by atoms with E-state index in [1.807, 2.05) is 42.5 Å². The Morgan fingerprint density at radius 1 is 1.19 bits per heavy atom. The molecule has 3 aromatic rings. The Labute approximate surface area is 160 Å². The number of hydrogen-bond donors (Lipinski definition) is 1. The van der Waals surface area contributed by atoms with Crippen LogP contribution in [0, 0.1) is 5.92 Å². The molecule has 0 radical (unpaired) electrons. The number of benzene rings is 2. The van der Waals surface area contributed by atoms with Crippen molar-refractivity contribution >= 4 is 39.5 Å². The number of thiophene rings is 1. The Morgan fingerprint density at radius 3 is 2.78 bits per heavy atom. The molecule has 2 aliphatic carbocycles. The third-order valence-corrected chi connectivity index (χ3v) is 6.68. The van der Waals surface area contributed by atoms with Crippen molar-refractivity contribution in [3.05, 3.63) is 68.9 Å². The number of carbonyl (C=O) groups is 2. The number of rotatable bonds is 2. The molecule has 2 aromatic carbocycles. The monoisotopic (exact) mass is 374 g/mol. The van der Waals surface area contributed by atoms with Crippen molar-refractivity contribution in [1.29, 1.82) is 0 Å². The minimum atomic E-state index is -0.245. The fourth-order valence-corrected chi connectivity index (χ4v) is 5.17. The number of fused-ring (bicyclic) bond motifs is 1. The second-order valence-electron chi connectivity index (χ2n) is 7.35. The van der Waals surface area contributed by atoms with Crippen molar-refractivity contribution in [3.8, 4) is 0 Å². The first-order chi connectivity index (χ1) is 13.1. The molecule has 1 N–H and O–H groups in total. The number of amides is 1. The molecule has 2 aliphatic rings. The third-order valence-electron chi connectivity index (χ3n) is 5.44. The van der Waals surface area contributed by atoms with Gasteiger partial charge in [0.05, 0.1) is 4.88 Å². The summed E-state index contributed by atoms with van der Waals surface area (Å²) in [5, 5.41) is 6.14. The van der Waals surface area contributed by atoms with Gasteiger partial charge in [-0.3, -0.25) is 9.59 Å². The van der Waals surface area contributed by atoms with Gasteiger partial charge in [0.25, 0.3) is 5.91 Å². The molecule has 4 nitrogen and oxygen atoms in total. The number of nitrogens with one attached hydrogen (secondary N) is 1. The molecule has 1 atom stereocenters. The van der Waals surface area contributed by atoms with Crippen molar-refractivity contribution in [2.45, 2.75) is 26.2 Å². The average molecular weight is 374 g/mol. The Hall–Kier alpha value is -2.79. The largest absolute Gasteiger partial charge is 0.287 e. The Bertz CT molecular complexity index is 1140. The molecule has 1 aromatic heterocycles. The van der Waals surface area contributed by atoms with Crippen LogP contribution in [-0.2, 0) is 12.8 Å². The number of hydrazone groups is 1. The standard InChI is InChI=1S/C22H18N2O2S/c1-12-8-9-17-14(10-12)11-18(27-17)22(26)24-23-20-15-6-2-4-13-5-3-7-16(19(13)15)21(20)25/h2-7,11-12H,8-10H2,1H3,(H,24,26)/b23-20+/t12-/m1/s1. The highest BCUT2D eigenvalue weighted by Gasteiger charge is 2.29. The predicted molar refractivity (Wildman–Crippen MR) is 108 cm³/mol. The number of carbonyl (C=O) groups excluding carboxylic acids is 2. The van der Waals surface area contributed by atoms with Gasteiger partial charge < -0.3 is 0 Å². The highest BCUT2D eigenvalue weighted by atomic mass is 32.1. The molecule has 0 fully saturated rings. The summed E-state index contributed by atoms with van der Waals surface area (Å²) in [7, 11) is 0. The molecule has 1 heterocycles. The first kappa shape index (κ1) is 16.4. The molecule has 0 spiro atoms. The molecule has 27 heavy (non-hydrogen) atoms. The molecule has 0 bridgehead atoms. The van der Waals surface area contributed by atoms with E-state index in [0.29, 0.717) is 22.1 Å². The van der Waals surface area contributed by atoms with Gasteiger partial charge in [-0.25, -0.2) is 5.43 Å². The van der Waals surface area contributed by atoms with E-state index >= 15 is 0 Å². The Morgan fingerprint density at radius 2 is 1.96 bits per heavy atom. The van der Waals surface area contributed by atoms with Crippen LogP contribution in [0.2, 0.25) is 0 Å². The molecule has 5 rings (SSSR count). The van der Waals surface area contributed by atoms with E-state index in [1.54, 1.807) is 11.3 Å². The van der Waals surface area contributed by atoms with E-state index in [9.17, 15) is 9.59 Å². The van der Waals surface area contributed by atoms with E-state index in [1.165, 1.54) is 16.9 Å². The quantitative estimate of drug-likeness (QED) is 0.678. The van der Waals surface area contributed by atoms with E-state index < -0.39 is 0 Å². The fourth-order valence-electron chi connectivity index (χ4n) is 4.07. The Balaban J connectivity index is 1.44. The summed E-state index contributed by atoms with van der Waals surface area (Å²) < 4.78 is 0. The minimum Gasteiger partial charge on any atom is -0.287 e. The van der Waals surface area contributed by atoms with Gasteiger partial charge in [-0.1, -0.05) is 43.3 Å². The maximum Gasteiger partial charge on any atom is 0.281 e. The lowest BCUT2D eigenvalue weighted by Crippen LogP contribution is -2.21. The lowest BCUT2D eigenvalue weighted by atomic mass is 9.90. The zero-order valence-corrected chi connectivity index (χ0v) is 15.7. The van der Waals surface area contributed by atoms with E-state index in [-0.39, 0.29) is 11.7 Å². The van der Waals surface area contributed by atoms with E-state index in [2.05, 4.69) is 17.5 Å². The number of ketones is 1. The van der Waals surface area contributed by atoms with Crippen LogP contribution in [0.4, 0.5) is 0 Å². The second kappa shape index (κ2) is 6.13. The molecule has 134 valence electrons. The highest BCUT2D eigenvalue weighted by molar-refractivity contribution is 7.14. The summed E-state index contributed by atoms with van der Waals surface area (Å²) in [6.45, 7) is 2.25. The van der Waals surface area contributed by atoms with Crippen LogP contribution >= 0.6 is 11.3 Å². The first-order valence-corrected chi connectivity index (χ1v) is 10.00. The van der Waals surface area contributed by atoms with E-state index in [4.69, 9.17) is 0 Å². The summed E-state index contributed by atoms with van der Waals surface area (Å²) in [4.78, 5) is 27.3. The van der Waals surface area contributed by atoms with Gasteiger partial charge in [0.1, 0.15) is 5.71 Å². The highest BCUT2D eigenvalue weighted by Crippen LogP contribution is 2.33. The SMILES string of the molecule is C[C@@H]1CCc2sc(C(=O)N/N=C3/C(=O)c4cccc5cccc3c45)cc2C1. The van der Waals surface area contributed by atoms with Crippen LogP contribution < -0.4 is 5.43 Å². The van der Waals surface area contributed by atoms with Crippen LogP contribution in [0.3, 0.4) is 0 Å². The fraction of sp³-hybridized carbons (Fsp3) is 0.227. The topological polar surface area (TPSA) is 58.5 Å². The predicted octanol–water partition coefficient (Wildman–Crippen LogP) is 4.36. The van der Waals surface area contributed by atoms with Crippen molar-refractivity contribution in [1.82, 2.24) is 5.43 Å². The first-order valence-electron chi connectivity index (χ1n) is 9.18. The number of aryl methyl sites for hydroxylation is 1. The summed E-state index contributed by atoms with van der Waals surface area (Å²) in [6.07, 6.45) is 3.25. The number of Topliss-reactive ketones (excluding diaryl/α,β-unsaturated/α-hetero) is 1. The molecular weight excluding hydrogens is 356 g/mol. The number of nitrogens with zero attached hydrogens (tertiary/aromatic N) is 1. The number of hydrogen-bond acceptors (Lipinski definition) is 4. The van der Waals surface area contributed by atoms with Gasteiger partial charge in [0.2, 0.25) is 5.78 Å². The molecule has 1 amide bonds. The summed E-state index contributed by atoms with van der Waals surface area (Å²) in [5.74, 6) is 0.283. The van der Waals surface area contributed by atoms with Crippen LogP contribution in [0.15, 0.2) is 47.6 Å². The lowest BCUT2D eigenvalue weighted by molar-refractivity contribution is 0.0959. The summed E-state index contributed by atoms with van der Waals surface area (Å²) in [6, 6.07) is 13.4. The van der Waals surface area contributed by atoms with Gasteiger partial charge in [0, 0.05) is 21.4 Å². The van der Waals surface area contributed by atoms with Crippen LogP contribution in [0.1, 0.15) is 49.4 Å². The minimum absolute atomic E-state index is 0.138. The zero-order valence-electron chi connectivity index (χ0n) is 14.9. The molecule has 0 unspecified atom stereocenters. The Kier molecular flexibility index (Phi) is 3.72. The van der Waals surface area contributed by atoms with Crippen molar-refractivity contribution in [2.75, 3.05) is 0 Å². The van der Waals surface area contributed by atoms with Crippen molar-refractivity contribution in [2.24, 2.45) is 11.0 Å². The molecule has 5 heteroatoms. The van der Waals surface area contributed by atoms with Gasteiger partial charge >= 0.3 is 0 Å². The molecular formula is C22H18N2O2S. The molecule has 0 aliphatic heterocycles. The van der Waals surface area contributed by atoms with Gasteiger partial charge in [-0.05, 0) is 42.2 Å². The summed E-state index contributed by atoms with van der Waals surface area (Å²) in [5.41, 5.74) is 5.64. The van der Waals surface area contributed by atoms with Crippen LogP contribution in [0.5, 0.6) is 0 Å². The molecule has 0 saturated carbocycles.